The van der Waals surface area contributed by atoms with Crippen molar-refractivity contribution < 1.29 is 19.1 Å². The smallest absolute Gasteiger partial charge is 0.240 e. The molecule has 0 aliphatic carbocycles. The lowest BCUT2D eigenvalue weighted by molar-refractivity contribution is -0.127. The van der Waals surface area contributed by atoms with Crippen molar-refractivity contribution in [2.24, 2.45) is 0 Å². The normalized spacial score (nSPS) is 25.5. The summed E-state index contributed by atoms with van der Waals surface area (Å²) in [6.07, 6.45) is 1.40. The molecule has 32 heavy (non-hydrogen) atoms. The highest BCUT2D eigenvalue weighted by atomic mass is 16.5. The van der Waals surface area contributed by atoms with Crippen LogP contribution in [0.4, 0.5) is 5.69 Å². The largest absolute Gasteiger partial charge is 0.494 e. The molecule has 7 nitrogen and oxygen atoms in total. The van der Waals surface area contributed by atoms with Gasteiger partial charge in [-0.1, -0.05) is 30.3 Å². The van der Waals surface area contributed by atoms with Crippen molar-refractivity contribution in [1.82, 2.24) is 10.2 Å². The Bertz CT molecular complexity index is 1030. The van der Waals surface area contributed by atoms with Gasteiger partial charge in [0.1, 0.15) is 12.3 Å². The van der Waals surface area contributed by atoms with E-state index in [0.29, 0.717) is 32.6 Å². The van der Waals surface area contributed by atoms with E-state index in [1.54, 1.807) is 12.0 Å². The Morgan fingerprint density at radius 1 is 1.19 bits per heavy atom. The van der Waals surface area contributed by atoms with Crippen LogP contribution in [0.15, 0.2) is 48.5 Å². The third-order valence-electron chi connectivity index (χ3n) is 6.90. The number of para-hydroxylation sites is 1. The van der Waals surface area contributed by atoms with Gasteiger partial charge in [0.2, 0.25) is 11.8 Å². The van der Waals surface area contributed by atoms with E-state index < -0.39 is 5.41 Å². The Morgan fingerprint density at radius 2 is 2.06 bits per heavy atom. The lowest BCUT2D eigenvalue weighted by Crippen LogP contribution is -2.47. The lowest BCUT2D eigenvalue weighted by atomic mass is 9.72. The van der Waals surface area contributed by atoms with E-state index in [1.165, 1.54) is 0 Å². The molecule has 3 aliphatic rings. The molecule has 0 aromatic heterocycles. The minimum Gasteiger partial charge on any atom is -0.494 e. The zero-order chi connectivity index (χ0) is 22.1. The van der Waals surface area contributed by atoms with Gasteiger partial charge in [-0.15, -0.1) is 0 Å². The summed E-state index contributed by atoms with van der Waals surface area (Å²) < 4.78 is 11.4. The monoisotopic (exact) mass is 435 g/mol. The van der Waals surface area contributed by atoms with E-state index in [9.17, 15) is 9.59 Å². The molecule has 1 fully saturated rings. The molecule has 2 aromatic rings. The molecule has 168 valence electrons. The van der Waals surface area contributed by atoms with Crippen LogP contribution in [0.25, 0.3) is 0 Å². The Hall–Kier alpha value is -2.90. The minimum absolute atomic E-state index is 0.00199. The number of amides is 2. The molecule has 1 spiro atoms. The number of nitrogens with one attached hydrogen (secondary N) is 1. The molecule has 2 amide bonds. The third kappa shape index (κ3) is 3.36. The van der Waals surface area contributed by atoms with Crippen LogP contribution in [0.1, 0.15) is 30.0 Å². The van der Waals surface area contributed by atoms with E-state index in [1.807, 2.05) is 30.3 Å². The molecule has 3 heterocycles. The first kappa shape index (κ1) is 21.0. The highest BCUT2D eigenvalue weighted by molar-refractivity contribution is 6.11. The summed E-state index contributed by atoms with van der Waals surface area (Å²) in [6, 6.07) is 15.9. The average molecular weight is 436 g/mol. The zero-order valence-corrected chi connectivity index (χ0v) is 18.4. The molecule has 3 aliphatic heterocycles. The van der Waals surface area contributed by atoms with Gasteiger partial charge in [0.15, 0.2) is 0 Å². The molecule has 2 atom stereocenters. The summed E-state index contributed by atoms with van der Waals surface area (Å²) in [5.74, 6) is 0.643. The number of rotatable bonds is 3. The van der Waals surface area contributed by atoms with Crippen molar-refractivity contribution in [3.8, 4) is 5.75 Å². The number of anilines is 1. The number of carbonyl (C=O) groups excluding carboxylic acids is 2. The zero-order valence-electron chi connectivity index (χ0n) is 18.4. The molecule has 0 unspecified atom stereocenters. The standard InChI is InChI=1S/C25H29N3O4/c1-31-15-13-27-12-10-25-20-8-2-3-9-21(20)28(24(25)30)17-22(29)26-11-5-14-32-19-7-4-6-18(16-19)23(25)27/h2-4,6-9,16,23H,5,10-15,17H2,1H3,(H,26,29)/t23-,25+/m0/s1. The van der Waals surface area contributed by atoms with Gasteiger partial charge in [0, 0.05) is 32.4 Å². The molecule has 1 saturated heterocycles. The Morgan fingerprint density at radius 3 is 2.94 bits per heavy atom. The number of ether oxygens (including phenoxy) is 2. The number of benzene rings is 2. The Balaban J connectivity index is 1.68. The van der Waals surface area contributed by atoms with Gasteiger partial charge in [-0.3, -0.25) is 14.5 Å². The summed E-state index contributed by atoms with van der Waals surface area (Å²) in [6.45, 7) is 3.16. The molecular formula is C25H29N3O4. The number of likely N-dealkylation sites (tertiary alicyclic amines) is 1. The quantitative estimate of drug-likeness (QED) is 0.801. The molecule has 1 N–H and O–H groups in total. The molecule has 4 bridgehead atoms. The highest BCUT2D eigenvalue weighted by Gasteiger charge is 2.60. The second-order valence-corrected chi connectivity index (χ2v) is 8.69. The number of carbonyl (C=O) groups is 2. The molecule has 0 radical (unpaired) electrons. The maximum Gasteiger partial charge on any atom is 0.240 e. The maximum atomic E-state index is 14.2. The predicted octanol–water partition coefficient (Wildman–Crippen LogP) is 2.26. The molecule has 0 saturated carbocycles. The van der Waals surface area contributed by atoms with Crippen LogP contribution < -0.4 is 15.0 Å². The maximum absolute atomic E-state index is 14.2. The number of methoxy groups -OCH3 is 1. The van der Waals surface area contributed by atoms with Gasteiger partial charge in [0.25, 0.3) is 0 Å². The number of nitrogens with zero attached hydrogens (tertiary/aromatic N) is 2. The van der Waals surface area contributed by atoms with Crippen LogP contribution in [0, 0.1) is 0 Å². The Labute approximate surface area is 188 Å². The molecular weight excluding hydrogens is 406 g/mol. The first-order valence-electron chi connectivity index (χ1n) is 11.3. The summed E-state index contributed by atoms with van der Waals surface area (Å²) in [5.41, 5.74) is 2.16. The third-order valence-corrected chi connectivity index (χ3v) is 6.90. The minimum atomic E-state index is -0.743. The van der Waals surface area contributed by atoms with Crippen LogP contribution in [-0.4, -0.2) is 63.2 Å². The fourth-order valence-electron chi connectivity index (χ4n) is 5.52. The summed E-state index contributed by atoms with van der Waals surface area (Å²) in [5, 5.41) is 2.93. The van der Waals surface area contributed by atoms with Crippen molar-refractivity contribution in [2.75, 3.05) is 51.4 Å². The summed E-state index contributed by atoms with van der Waals surface area (Å²) in [7, 11) is 1.70. The van der Waals surface area contributed by atoms with Gasteiger partial charge < -0.3 is 19.7 Å². The fraction of sp³-hybridized carbons (Fsp3) is 0.440. The highest BCUT2D eigenvalue weighted by Crippen LogP contribution is 2.56. The van der Waals surface area contributed by atoms with E-state index in [4.69, 9.17) is 9.47 Å². The SMILES string of the molecule is COCCN1CC[C@]23C(=O)N(CC(=O)NCCCOc4cccc(c4)[C@H]12)c1ccccc13. The van der Waals surface area contributed by atoms with E-state index in [0.717, 1.165) is 35.7 Å². The van der Waals surface area contributed by atoms with Gasteiger partial charge in [-0.05, 0) is 42.2 Å². The van der Waals surface area contributed by atoms with Crippen molar-refractivity contribution >= 4 is 17.5 Å². The van der Waals surface area contributed by atoms with Gasteiger partial charge in [-0.2, -0.15) is 0 Å². The van der Waals surface area contributed by atoms with Crippen LogP contribution in [0.5, 0.6) is 5.75 Å². The van der Waals surface area contributed by atoms with Gasteiger partial charge in [-0.25, -0.2) is 0 Å². The van der Waals surface area contributed by atoms with Crippen molar-refractivity contribution in [3.63, 3.8) is 0 Å². The summed E-state index contributed by atoms with van der Waals surface area (Å²) in [4.78, 5) is 30.9. The topological polar surface area (TPSA) is 71.1 Å². The number of hydrogen-bond donors (Lipinski definition) is 1. The first-order valence-corrected chi connectivity index (χ1v) is 11.3. The van der Waals surface area contributed by atoms with Crippen LogP contribution in [-0.2, 0) is 19.7 Å². The second-order valence-electron chi connectivity index (χ2n) is 8.69. The van der Waals surface area contributed by atoms with Crippen LogP contribution in [0.3, 0.4) is 0 Å². The summed E-state index contributed by atoms with van der Waals surface area (Å²) >= 11 is 0. The van der Waals surface area contributed by atoms with Crippen LogP contribution in [0.2, 0.25) is 0 Å². The molecule has 5 rings (SSSR count). The van der Waals surface area contributed by atoms with E-state index in [-0.39, 0.29) is 24.4 Å². The number of hydrogen-bond acceptors (Lipinski definition) is 5. The van der Waals surface area contributed by atoms with E-state index >= 15 is 0 Å². The first-order chi connectivity index (χ1) is 15.6. The van der Waals surface area contributed by atoms with Gasteiger partial charge >= 0.3 is 0 Å². The second kappa shape index (κ2) is 8.56. The lowest BCUT2D eigenvalue weighted by Gasteiger charge is -2.35. The number of fused-ring (bicyclic) bond motifs is 6. The van der Waals surface area contributed by atoms with E-state index in [2.05, 4.69) is 28.4 Å². The van der Waals surface area contributed by atoms with Gasteiger partial charge in [0.05, 0.1) is 24.7 Å². The molecule has 2 aromatic carbocycles. The average Bonchev–Trinajstić information content (AvgIpc) is 3.30. The Kier molecular flexibility index (Phi) is 5.61. The molecule has 7 heteroatoms. The predicted molar refractivity (Wildman–Crippen MR) is 121 cm³/mol. The van der Waals surface area contributed by atoms with Crippen molar-refractivity contribution in [3.05, 3.63) is 59.7 Å². The van der Waals surface area contributed by atoms with Crippen LogP contribution >= 0.6 is 0 Å². The van der Waals surface area contributed by atoms with Crippen molar-refractivity contribution in [2.45, 2.75) is 24.3 Å². The van der Waals surface area contributed by atoms with Crippen molar-refractivity contribution in [1.29, 1.82) is 0 Å². The fourth-order valence-corrected chi connectivity index (χ4v) is 5.52.